The lowest BCUT2D eigenvalue weighted by Gasteiger charge is -2.03. The van der Waals surface area contributed by atoms with Crippen molar-refractivity contribution >= 4 is 23.0 Å². The highest BCUT2D eigenvalue weighted by Crippen LogP contribution is 2.12. The first-order valence-corrected chi connectivity index (χ1v) is 6.42. The number of non-ortho nitro benzene ring substituents is 1. The van der Waals surface area contributed by atoms with Gasteiger partial charge in [0.1, 0.15) is 0 Å². The Morgan fingerprint density at radius 1 is 1.09 bits per heavy atom. The Morgan fingerprint density at radius 3 is 2.18 bits per heavy atom. The summed E-state index contributed by atoms with van der Waals surface area (Å²) in [6.45, 7) is 1.75. The molecule has 7 nitrogen and oxygen atoms in total. The molecule has 0 aliphatic heterocycles. The minimum Gasteiger partial charge on any atom is -0.399 e. The van der Waals surface area contributed by atoms with Gasteiger partial charge in [0.15, 0.2) is 0 Å². The third kappa shape index (κ3) is 3.66. The molecule has 0 radical (unpaired) electrons. The van der Waals surface area contributed by atoms with Crippen LogP contribution in [0, 0.1) is 10.1 Å². The molecule has 0 saturated heterocycles. The van der Waals surface area contributed by atoms with Crippen LogP contribution in [0.15, 0.2) is 53.6 Å². The van der Waals surface area contributed by atoms with E-state index in [1.807, 2.05) is 0 Å². The Labute approximate surface area is 126 Å². The minimum atomic E-state index is -0.523. The fourth-order valence-corrected chi connectivity index (χ4v) is 1.72. The van der Waals surface area contributed by atoms with Gasteiger partial charge in [-0.3, -0.25) is 14.9 Å². The number of hydrogen-bond donors (Lipinski definition) is 2. The van der Waals surface area contributed by atoms with E-state index in [9.17, 15) is 14.9 Å². The van der Waals surface area contributed by atoms with E-state index in [0.717, 1.165) is 5.56 Å². The molecule has 2 aromatic carbocycles. The number of anilines is 1. The van der Waals surface area contributed by atoms with E-state index in [-0.39, 0.29) is 5.69 Å². The van der Waals surface area contributed by atoms with Crippen molar-refractivity contribution in [1.82, 2.24) is 5.43 Å². The molecule has 0 spiro atoms. The van der Waals surface area contributed by atoms with Gasteiger partial charge in [0.2, 0.25) is 0 Å². The number of nitro benzene ring substituents is 1. The summed E-state index contributed by atoms with van der Waals surface area (Å²) < 4.78 is 0. The summed E-state index contributed by atoms with van der Waals surface area (Å²) in [5.74, 6) is -0.440. The van der Waals surface area contributed by atoms with Crippen molar-refractivity contribution in [2.24, 2.45) is 5.10 Å². The predicted octanol–water partition coefficient (Wildman–Crippen LogP) is 2.33. The summed E-state index contributed by atoms with van der Waals surface area (Å²) in [6.07, 6.45) is 0. The lowest BCUT2D eigenvalue weighted by atomic mass is 10.1. The number of hydrazone groups is 1. The first-order valence-electron chi connectivity index (χ1n) is 6.42. The number of nitrogens with zero attached hydrogens (tertiary/aromatic N) is 2. The van der Waals surface area contributed by atoms with E-state index in [2.05, 4.69) is 10.5 Å². The molecule has 22 heavy (non-hydrogen) atoms. The van der Waals surface area contributed by atoms with Crippen molar-refractivity contribution < 1.29 is 9.72 Å². The molecular formula is C15H14N4O3. The Morgan fingerprint density at radius 2 is 1.64 bits per heavy atom. The van der Waals surface area contributed by atoms with Gasteiger partial charge in [0.05, 0.1) is 10.6 Å². The zero-order valence-electron chi connectivity index (χ0n) is 11.8. The fourth-order valence-electron chi connectivity index (χ4n) is 1.72. The van der Waals surface area contributed by atoms with Crippen molar-refractivity contribution in [3.05, 3.63) is 69.8 Å². The number of nitrogens with two attached hydrogens (primary N) is 1. The average Bonchev–Trinajstić information content (AvgIpc) is 2.53. The molecule has 0 fully saturated rings. The molecule has 2 rings (SSSR count). The van der Waals surface area contributed by atoms with Gasteiger partial charge in [-0.2, -0.15) is 5.10 Å². The molecule has 1 amide bonds. The van der Waals surface area contributed by atoms with E-state index in [1.165, 1.54) is 24.3 Å². The van der Waals surface area contributed by atoms with Crippen molar-refractivity contribution in [3.8, 4) is 0 Å². The smallest absolute Gasteiger partial charge is 0.271 e. The quantitative estimate of drug-likeness (QED) is 0.390. The highest BCUT2D eigenvalue weighted by Gasteiger charge is 2.09. The van der Waals surface area contributed by atoms with Crippen LogP contribution in [0.3, 0.4) is 0 Å². The Balaban J connectivity index is 2.06. The molecule has 0 saturated carbocycles. The molecule has 0 bridgehead atoms. The molecule has 0 unspecified atom stereocenters. The number of amides is 1. The maximum atomic E-state index is 11.9. The van der Waals surface area contributed by atoms with Crippen molar-refractivity contribution in [2.75, 3.05) is 5.73 Å². The van der Waals surface area contributed by atoms with E-state index < -0.39 is 10.8 Å². The number of nitrogen functional groups attached to an aromatic ring is 1. The van der Waals surface area contributed by atoms with Crippen molar-refractivity contribution in [1.29, 1.82) is 0 Å². The molecule has 0 heterocycles. The molecule has 0 aliphatic rings. The van der Waals surface area contributed by atoms with Crippen LogP contribution in [0.2, 0.25) is 0 Å². The van der Waals surface area contributed by atoms with Gasteiger partial charge in [-0.15, -0.1) is 0 Å². The van der Waals surface area contributed by atoms with Gasteiger partial charge >= 0.3 is 0 Å². The van der Waals surface area contributed by atoms with E-state index in [4.69, 9.17) is 5.73 Å². The second kappa shape index (κ2) is 6.49. The van der Waals surface area contributed by atoms with Crippen LogP contribution in [-0.2, 0) is 0 Å². The highest BCUT2D eigenvalue weighted by atomic mass is 16.6. The van der Waals surface area contributed by atoms with Crippen LogP contribution in [0.1, 0.15) is 22.8 Å². The highest BCUT2D eigenvalue weighted by molar-refractivity contribution is 6.01. The fraction of sp³-hybridized carbons (Fsp3) is 0.0667. The van der Waals surface area contributed by atoms with Crippen LogP contribution in [0.4, 0.5) is 11.4 Å². The molecule has 0 aliphatic carbocycles. The molecule has 2 aromatic rings. The van der Waals surface area contributed by atoms with Crippen LogP contribution < -0.4 is 11.2 Å². The first-order chi connectivity index (χ1) is 10.5. The SMILES string of the molecule is C/C(=N/NC(=O)c1ccc([N+](=O)[O-])cc1)c1ccc(N)cc1. The normalized spacial score (nSPS) is 11.0. The van der Waals surface area contributed by atoms with Gasteiger partial charge in [-0.05, 0) is 36.8 Å². The number of carbonyl (C=O) groups excluding carboxylic acids is 1. The van der Waals surface area contributed by atoms with E-state index >= 15 is 0 Å². The van der Waals surface area contributed by atoms with Crippen LogP contribution >= 0.6 is 0 Å². The summed E-state index contributed by atoms with van der Waals surface area (Å²) in [5, 5.41) is 14.6. The van der Waals surface area contributed by atoms with Crippen molar-refractivity contribution in [2.45, 2.75) is 6.92 Å². The number of carbonyl (C=O) groups is 1. The standard InChI is InChI=1S/C15H14N4O3/c1-10(11-2-6-13(16)7-3-11)17-18-15(20)12-4-8-14(9-5-12)19(21)22/h2-9H,16H2,1H3,(H,18,20)/b17-10-. The van der Waals surface area contributed by atoms with Crippen molar-refractivity contribution in [3.63, 3.8) is 0 Å². The maximum absolute atomic E-state index is 11.9. The maximum Gasteiger partial charge on any atom is 0.271 e. The zero-order chi connectivity index (χ0) is 16.1. The second-order valence-corrected chi connectivity index (χ2v) is 4.56. The van der Waals surface area contributed by atoms with Crippen LogP contribution in [-0.4, -0.2) is 16.5 Å². The van der Waals surface area contributed by atoms with Crippen LogP contribution in [0.5, 0.6) is 0 Å². The summed E-state index contributed by atoms with van der Waals surface area (Å²) in [7, 11) is 0. The second-order valence-electron chi connectivity index (χ2n) is 4.56. The minimum absolute atomic E-state index is 0.0712. The molecule has 3 N–H and O–H groups in total. The first kappa shape index (κ1) is 15.2. The molecule has 0 atom stereocenters. The van der Waals surface area contributed by atoms with E-state index in [1.54, 1.807) is 31.2 Å². The average molecular weight is 298 g/mol. The van der Waals surface area contributed by atoms with Gasteiger partial charge in [0.25, 0.3) is 11.6 Å². The van der Waals surface area contributed by atoms with Gasteiger partial charge in [-0.25, -0.2) is 5.43 Å². The summed E-state index contributed by atoms with van der Waals surface area (Å²) in [5.41, 5.74) is 10.3. The monoisotopic (exact) mass is 298 g/mol. The van der Waals surface area contributed by atoms with E-state index in [0.29, 0.717) is 17.0 Å². The summed E-state index contributed by atoms with van der Waals surface area (Å²) in [4.78, 5) is 21.9. The molecule has 112 valence electrons. The summed E-state index contributed by atoms with van der Waals surface area (Å²) in [6, 6.07) is 12.4. The molecule has 7 heteroatoms. The van der Waals surface area contributed by atoms with Gasteiger partial charge in [0, 0.05) is 23.4 Å². The third-order valence-corrected chi connectivity index (χ3v) is 2.99. The lowest BCUT2D eigenvalue weighted by Crippen LogP contribution is -2.19. The lowest BCUT2D eigenvalue weighted by molar-refractivity contribution is -0.384. The Kier molecular flexibility index (Phi) is 4.47. The summed E-state index contributed by atoms with van der Waals surface area (Å²) >= 11 is 0. The predicted molar refractivity (Wildman–Crippen MR) is 83.6 cm³/mol. The number of rotatable bonds is 4. The van der Waals surface area contributed by atoms with Gasteiger partial charge < -0.3 is 5.73 Å². The third-order valence-electron chi connectivity index (χ3n) is 2.99. The van der Waals surface area contributed by atoms with Crippen LogP contribution in [0.25, 0.3) is 0 Å². The zero-order valence-corrected chi connectivity index (χ0v) is 11.8. The number of nitro groups is 1. The van der Waals surface area contributed by atoms with Gasteiger partial charge in [-0.1, -0.05) is 12.1 Å². The molecule has 0 aromatic heterocycles. The number of benzene rings is 2. The molecular weight excluding hydrogens is 284 g/mol. The topological polar surface area (TPSA) is 111 Å². The Bertz CT molecular complexity index is 721. The largest absolute Gasteiger partial charge is 0.399 e. The number of nitrogens with one attached hydrogen (secondary N) is 1. The Hall–Kier alpha value is -3.22. The number of hydrogen-bond acceptors (Lipinski definition) is 5.